The SMILES string of the molecule is COc1ccc(N2C(=O)CCC2C(=O)NCCc2ccc(Cl)cc2)cc1. The van der Waals surface area contributed by atoms with Gasteiger partial charge in [0, 0.05) is 23.7 Å². The molecule has 1 N–H and O–H groups in total. The summed E-state index contributed by atoms with van der Waals surface area (Å²) in [6.45, 7) is 0.515. The van der Waals surface area contributed by atoms with Crippen molar-refractivity contribution in [2.75, 3.05) is 18.6 Å². The van der Waals surface area contributed by atoms with E-state index in [9.17, 15) is 9.59 Å². The summed E-state index contributed by atoms with van der Waals surface area (Å²) in [7, 11) is 1.59. The summed E-state index contributed by atoms with van der Waals surface area (Å²) < 4.78 is 5.14. The molecule has 1 unspecified atom stereocenters. The quantitative estimate of drug-likeness (QED) is 0.847. The molecule has 26 heavy (non-hydrogen) atoms. The van der Waals surface area contributed by atoms with E-state index in [0.29, 0.717) is 42.3 Å². The Labute approximate surface area is 157 Å². The first kappa shape index (κ1) is 18.3. The Kier molecular flexibility index (Phi) is 5.78. The molecule has 1 aliphatic heterocycles. The summed E-state index contributed by atoms with van der Waals surface area (Å²) in [5.41, 5.74) is 1.82. The van der Waals surface area contributed by atoms with Crippen molar-refractivity contribution in [3.63, 3.8) is 0 Å². The van der Waals surface area contributed by atoms with Gasteiger partial charge in [0.15, 0.2) is 0 Å². The molecule has 6 heteroatoms. The van der Waals surface area contributed by atoms with E-state index in [2.05, 4.69) is 5.32 Å². The first-order valence-electron chi connectivity index (χ1n) is 8.57. The number of nitrogens with one attached hydrogen (secondary N) is 1. The van der Waals surface area contributed by atoms with Gasteiger partial charge in [-0.3, -0.25) is 14.5 Å². The molecule has 0 radical (unpaired) electrons. The number of ether oxygens (including phenoxy) is 1. The number of nitrogens with zero attached hydrogens (tertiary/aromatic N) is 1. The van der Waals surface area contributed by atoms with Gasteiger partial charge in [-0.2, -0.15) is 0 Å². The van der Waals surface area contributed by atoms with Crippen LogP contribution in [-0.4, -0.2) is 31.5 Å². The largest absolute Gasteiger partial charge is 0.497 e. The zero-order valence-electron chi connectivity index (χ0n) is 14.6. The lowest BCUT2D eigenvalue weighted by Gasteiger charge is -2.24. The molecule has 0 spiro atoms. The molecule has 136 valence electrons. The Morgan fingerprint density at radius 1 is 1.19 bits per heavy atom. The van der Waals surface area contributed by atoms with E-state index in [1.54, 1.807) is 36.3 Å². The molecule has 5 nitrogen and oxygen atoms in total. The second kappa shape index (κ2) is 8.23. The lowest BCUT2D eigenvalue weighted by atomic mass is 10.1. The van der Waals surface area contributed by atoms with Crippen molar-refractivity contribution in [1.82, 2.24) is 5.32 Å². The molecule has 1 atom stereocenters. The highest BCUT2D eigenvalue weighted by molar-refractivity contribution is 6.30. The van der Waals surface area contributed by atoms with Gasteiger partial charge in [0.05, 0.1) is 7.11 Å². The molecule has 2 aromatic rings. The van der Waals surface area contributed by atoms with Gasteiger partial charge in [0.25, 0.3) is 0 Å². The Balaban J connectivity index is 1.61. The average Bonchev–Trinajstić information content (AvgIpc) is 3.05. The van der Waals surface area contributed by atoms with Gasteiger partial charge in [0.1, 0.15) is 11.8 Å². The minimum absolute atomic E-state index is 0.0342. The average molecular weight is 373 g/mol. The van der Waals surface area contributed by atoms with Crippen molar-refractivity contribution in [2.45, 2.75) is 25.3 Å². The Bertz CT molecular complexity index is 775. The van der Waals surface area contributed by atoms with E-state index in [1.807, 2.05) is 24.3 Å². The van der Waals surface area contributed by atoms with Crippen molar-refractivity contribution in [1.29, 1.82) is 0 Å². The predicted molar refractivity (Wildman–Crippen MR) is 102 cm³/mol. The van der Waals surface area contributed by atoms with E-state index in [-0.39, 0.29) is 11.8 Å². The molecule has 1 heterocycles. The zero-order valence-corrected chi connectivity index (χ0v) is 15.3. The van der Waals surface area contributed by atoms with Gasteiger partial charge < -0.3 is 10.1 Å². The first-order chi connectivity index (χ1) is 12.6. The fourth-order valence-corrected chi connectivity index (χ4v) is 3.22. The monoisotopic (exact) mass is 372 g/mol. The third kappa shape index (κ3) is 4.17. The molecular formula is C20H21ClN2O3. The Morgan fingerprint density at radius 3 is 2.54 bits per heavy atom. The summed E-state index contributed by atoms with van der Waals surface area (Å²) in [5, 5.41) is 3.63. The van der Waals surface area contributed by atoms with Crippen LogP contribution in [0.2, 0.25) is 5.02 Å². The maximum atomic E-state index is 12.6. The van der Waals surface area contributed by atoms with E-state index in [0.717, 1.165) is 5.56 Å². The maximum Gasteiger partial charge on any atom is 0.243 e. The van der Waals surface area contributed by atoms with Crippen molar-refractivity contribution in [3.05, 3.63) is 59.1 Å². The third-order valence-electron chi connectivity index (χ3n) is 4.49. The summed E-state index contributed by atoms with van der Waals surface area (Å²) in [4.78, 5) is 26.4. The highest BCUT2D eigenvalue weighted by Crippen LogP contribution is 2.28. The van der Waals surface area contributed by atoms with Crippen LogP contribution in [0.1, 0.15) is 18.4 Å². The summed E-state index contributed by atoms with van der Waals surface area (Å²) in [6.07, 6.45) is 1.62. The number of carbonyl (C=O) groups excluding carboxylic acids is 2. The molecule has 1 fully saturated rings. The van der Waals surface area contributed by atoms with E-state index >= 15 is 0 Å². The van der Waals surface area contributed by atoms with Crippen molar-refractivity contribution in [3.8, 4) is 5.75 Å². The van der Waals surface area contributed by atoms with Gasteiger partial charge in [-0.25, -0.2) is 0 Å². The minimum Gasteiger partial charge on any atom is -0.497 e. The van der Waals surface area contributed by atoms with E-state index in [4.69, 9.17) is 16.3 Å². The van der Waals surface area contributed by atoms with E-state index < -0.39 is 6.04 Å². The van der Waals surface area contributed by atoms with Gasteiger partial charge >= 0.3 is 0 Å². The molecule has 0 aromatic heterocycles. The fraction of sp³-hybridized carbons (Fsp3) is 0.300. The second-order valence-electron chi connectivity index (χ2n) is 6.18. The highest BCUT2D eigenvalue weighted by atomic mass is 35.5. The first-order valence-corrected chi connectivity index (χ1v) is 8.94. The predicted octanol–water partition coefficient (Wildman–Crippen LogP) is 3.20. The number of methoxy groups -OCH3 is 1. The summed E-state index contributed by atoms with van der Waals surface area (Å²) in [5.74, 6) is 0.554. The smallest absolute Gasteiger partial charge is 0.243 e. The zero-order chi connectivity index (χ0) is 18.5. The van der Waals surface area contributed by atoms with Gasteiger partial charge in [-0.15, -0.1) is 0 Å². The number of anilines is 1. The van der Waals surface area contributed by atoms with Crippen LogP contribution in [0.3, 0.4) is 0 Å². The number of amides is 2. The van der Waals surface area contributed by atoms with Crippen LogP contribution in [0.5, 0.6) is 5.75 Å². The molecule has 1 saturated heterocycles. The van der Waals surface area contributed by atoms with Crippen molar-refractivity contribution in [2.24, 2.45) is 0 Å². The number of rotatable bonds is 6. The van der Waals surface area contributed by atoms with Crippen molar-refractivity contribution >= 4 is 29.1 Å². The number of hydrogen-bond acceptors (Lipinski definition) is 3. The molecule has 0 bridgehead atoms. The Morgan fingerprint density at radius 2 is 1.88 bits per heavy atom. The lowest BCUT2D eigenvalue weighted by molar-refractivity contribution is -0.123. The van der Waals surface area contributed by atoms with Gasteiger partial charge in [-0.1, -0.05) is 23.7 Å². The highest BCUT2D eigenvalue weighted by Gasteiger charge is 2.36. The van der Waals surface area contributed by atoms with Crippen LogP contribution in [0.4, 0.5) is 5.69 Å². The molecule has 2 aromatic carbocycles. The van der Waals surface area contributed by atoms with Crippen LogP contribution in [-0.2, 0) is 16.0 Å². The third-order valence-corrected chi connectivity index (χ3v) is 4.74. The lowest BCUT2D eigenvalue weighted by Crippen LogP contribution is -2.45. The van der Waals surface area contributed by atoms with Crippen molar-refractivity contribution < 1.29 is 14.3 Å². The molecule has 0 aliphatic carbocycles. The van der Waals surface area contributed by atoms with Gasteiger partial charge in [-0.05, 0) is 54.8 Å². The van der Waals surface area contributed by atoms with Crippen LogP contribution in [0.25, 0.3) is 0 Å². The summed E-state index contributed by atoms with van der Waals surface area (Å²) in [6, 6.07) is 14.3. The topological polar surface area (TPSA) is 58.6 Å². The molecule has 2 amide bonds. The molecule has 1 aliphatic rings. The number of carbonyl (C=O) groups is 2. The maximum absolute atomic E-state index is 12.6. The normalized spacial score (nSPS) is 16.6. The van der Waals surface area contributed by atoms with Crippen LogP contribution < -0.4 is 15.0 Å². The molecular weight excluding hydrogens is 352 g/mol. The fourth-order valence-electron chi connectivity index (χ4n) is 3.10. The van der Waals surface area contributed by atoms with Crippen LogP contribution >= 0.6 is 11.6 Å². The van der Waals surface area contributed by atoms with Crippen LogP contribution in [0.15, 0.2) is 48.5 Å². The number of benzene rings is 2. The summed E-state index contributed by atoms with van der Waals surface area (Å²) >= 11 is 5.87. The number of hydrogen-bond donors (Lipinski definition) is 1. The van der Waals surface area contributed by atoms with Gasteiger partial charge in [0.2, 0.25) is 11.8 Å². The number of halogens is 1. The standard InChI is InChI=1S/C20H21ClN2O3/c1-26-17-8-6-16(7-9-17)23-18(10-11-19(23)24)20(25)22-13-12-14-2-4-15(21)5-3-14/h2-9,18H,10-13H2,1H3,(H,22,25). The molecule has 3 rings (SSSR count). The second-order valence-corrected chi connectivity index (χ2v) is 6.62. The van der Waals surface area contributed by atoms with E-state index in [1.165, 1.54) is 0 Å². The van der Waals surface area contributed by atoms with Crippen LogP contribution in [0, 0.1) is 0 Å². The minimum atomic E-state index is -0.471. The Hall–Kier alpha value is -2.53. The molecule has 0 saturated carbocycles.